The van der Waals surface area contributed by atoms with E-state index < -0.39 is 12.0 Å². The third kappa shape index (κ3) is 2.55. The molecule has 1 saturated heterocycles. The molecule has 0 saturated carbocycles. The van der Waals surface area contributed by atoms with Crippen LogP contribution in [-0.4, -0.2) is 29.5 Å². The minimum absolute atomic E-state index is 0.386. The molecule has 90 valence electrons. The summed E-state index contributed by atoms with van der Waals surface area (Å²) in [6, 6.07) is 7.76. The fraction of sp³-hybridized carbons (Fsp3) is 0.333. The Morgan fingerprint density at radius 1 is 1.29 bits per heavy atom. The normalized spacial score (nSPS) is 19.1. The van der Waals surface area contributed by atoms with E-state index in [2.05, 4.69) is 5.32 Å². The van der Waals surface area contributed by atoms with Crippen molar-refractivity contribution in [3.63, 3.8) is 0 Å². The Kier molecular flexibility index (Phi) is 3.27. The number of aliphatic carboxylic acids is 1. The zero-order valence-corrected chi connectivity index (χ0v) is 9.26. The Bertz CT molecular complexity index is 419. The molecule has 2 amide bonds. The fourth-order valence-electron chi connectivity index (χ4n) is 1.97. The molecule has 1 aromatic carbocycles. The molecular weight excluding hydrogens is 220 g/mol. The van der Waals surface area contributed by atoms with Gasteiger partial charge in [-0.2, -0.15) is 0 Å². The molecule has 0 aromatic heterocycles. The molecule has 1 aliphatic heterocycles. The van der Waals surface area contributed by atoms with Gasteiger partial charge in [0.2, 0.25) is 0 Å². The van der Waals surface area contributed by atoms with Crippen LogP contribution in [0.1, 0.15) is 12.8 Å². The number of likely N-dealkylation sites (tertiary alicyclic amines) is 1. The maximum atomic E-state index is 11.9. The standard InChI is InChI=1S/C12H14N2O3/c15-11(16)10-7-4-8-14(10)12(17)13-9-5-2-1-3-6-9/h1-3,5-6,10H,4,7-8H2,(H,13,17)(H,15,16)/p-1/t10-/m0/s1. The molecule has 0 bridgehead atoms. The second kappa shape index (κ2) is 4.86. The van der Waals surface area contributed by atoms with Gasteiger partial charge in [-0.25, -0.2) is 4.79 Å². The van der Waals surface area contributed by atoms with Gasteiger partial charge in [-0.15, -0.1) is 0 Å². The van der Waals surface area contributed by atoms with Crippen molar-refractivity contribution in [3.05, 3.63) is 30.3 Å². The number of nitrogens with zero attached hydrogens (tertiary/aromatic N) is 1. The van der Waals surface area contributed by atoms with Gasteiger partial charge < -0.3 is 20.1 Å². The number of urea groups is 1. The number of carbonyl (C=O) groups is 2. The molecule has 0 radical (unpaired) electrons. The van der Waals surface area contributed by atoms with Crippen molar-refractivity contribution in [3.8, 4) is 0 Å². The number of carboxylic acids is 1. The number of nitrogens with one attached hydrogen (secondary N) is 1. The van der Waals surface area contributed by atoms with Crippen LogP contribution < -0.4 is 10.4 Å². The first-order valence-electron chi connectivity index (χ1n) is 5.52. The zero-order chi connectivity index (χ0) is 12.3. The lowest BCUT2D eigenvalue weighted by Crippen LogP contribution is -2.48. The van der Waals surface area contributed by atoms with Gasteiger partial charge in [0.1, 0.15) is 0 Å². The van der Waals surface area contributed by atoms with Crippen molar-refractivity contribution in [1.29, 1.82) is 0 Å². The van der Waals surface area contributed by atoms with Crippen molar-refractivity contribution >= 4 is 17.7 Å². The summed E-state index contributed by atoms with van der Waals surface area (Å²) in [6.07, 6.45) is 1.16. The monoisotopic (exact) mass is 233 g/mol. The second-order valence-electron chi connectivity index (χ2n) is 3.97. The number of anilines is 1. The SMILES string of the molecule is O=C([O-])[C@@H]1CCCN1C(=O)Nc1ccccc1. The fourth-order valence-corrected chi connectivity index (χ4v) is 1.97. The lowest BCUT2D eigenvalue weighted by atomic mass is 10.2. The predicted molar refractivity (Wildman–Crippen MR) is 60.2 cm³/mol. The summed E-state index contributed by atoms with van der Waals surface area (Å²) >= 11 is 0. The van der Waals surface area contributed by atoms with Gasteiger partial charge in [-0.1, -0.05) is 18.2 Å². The van der Waals surface area contributed by atoms with E-state index in [9.17, 15) is 14.7 Å². The zero-order valence-electron chi connectivity index (χ0n) is 9.26. The summed E-state index contributed by atoms with van der Waals surface area (Å²) in [6.45, 7) is 0.456. The van der Waals surface area contributed by atoms with Gasteiger partial charge >= 0.3 is 6.03 Å². The van der Waals surface area contributed by atoms with Crippen LogP contribution in [0, 0.1) is 0 Å². The summed E-state index contributed by atoms with van der Waals surface area (Å²) < 4.78 is 0. The number of carbonyl (C=O) groups excluding carboxylic acids is 2. The minimum atomic E-state index is -1.19. The average Bonchev–Trinajstić information content (AvgIpc) is 2.79. The van der Waals surface area contributed by atoms with Crippen molar-refractivity contribution in [2.45, 2.75) is 18.9 Å². The number of hydrogen-bond donors (Lipinski definition) is 1. The van der Waals surface area contributed by atoms with Gasteiger partial charge in [0.15, 0.2) is 0 Å². The molecule has 1 heterocycles. The van der Waals surface area contributed by atoms with Crippen LogP contribution in [0.25, 0.3) is 0 Å². The highest BCUT2D eigenvalue weighted by molar-refractivity contribution is 5.92. The molecule has 0 aliphatic carbocycles. The van der Waals surface area contributed by atoms with E-state index in [1.807, 2.05) is 6.07 Å². The maximum absolute atomic E-state index is 11.9. The first-order valence-corrected chi connectivity index (χ1v) is 5.52. The van der Waals surface area contributed by atoms with E-state index in [4.69, 9.17) is 0 Å². The Morgan fingerprint density at radius 3 is 2.65 bits per heavy atom. The Balaban J connectivity index is 2.03. The van der Waals surface area contributed by atoms with E-state index in [0.717, 1.165) is 0 Å². The molecule has 5 heteroatoms. The van der Waals surface area contributed by atoms with E-state index in [0.29, 0.717) is 25.1 Å². The highest BCUT2D eigenvalue weighted by Gasteiger charge is 2.29. The highest BCUT2D eigenvalue weighted by Crippen LogP contribution is 2.18. The van der Waals surface area contributed by atoms with Crippen molar-refractivity contribution in [2.24, 2.45) is 0 Å². The minimum Gasteiger partial charge on any atom is -0.548 e. The van der Waals surface area contributed by atoms with Crippen LogP contribution in [0.4, 0.5) is 10.5 Å². The third-order valence-corrected chi connectivity index (χ3v) is 2.81. The summed E-state index contributed by atoms with van der Waals surface area (Å²) in [5.74, 6) is -1.19. The van der Waals surface area contributed by atoms with E-state index in [1.165, 1.54) is 4.90 Å². The summed E-state index contributed by atoms with van der Waals surface area (Å²) in [4.78, 5) is 24.0. The van der Waals surface area contributed by atoms with Crippen LogP contribution in [0.3, 0.4) is 0 Å². The average molecular weight is 233 g/mol. The number of para-hydroxylation sites is 1. The lowest BCUT2D eigenvalue weighted by molar-refractivity contribution is -0.310. The number of benzene rings is 1. The number of amides is 2. The molecule has 1 aromatic rings. The molecule has 1 atom stereocenters. The first-order chi connectivity index (χ1) is 8.18. The van der Waals surface area contributed by atoms with Crippen LogP contribution in [0.2, 0.25) is 0 Å². The Morgan fingerprint density at radius 2 is 2.00 bits per heavy atom. The van der Waals surface area contributed by atoms with Crippen molar-refractivity contribution < 1.29 is 14.7 Å². The molecule has 1 fully saturated rings. The molecule has 1 aliphatic rings. The van der Waals surface area contributed by atoms with Gasteiger partial charge in [0, 0.05) is 12.2 Å². The van der Waals surface area contributed by atoms with Crippen LogP contribution in [0.15, 0.2) is 30.3 Å². The molecular formula is C12H13N2O3-. The van der Waals surface area contributed by atoms with E-state index in [1.54, 1.807) is 24.3 Å². The van der Waals surface area contributed by atoms with Gasteiger partial charge in [0.05, 0.1) is 12.0 Å². The lowest BCUT2D eigenvalue weighted by Gasteiger charge is -2.25. The molecule has 5 nitrogen and oxygen atoms in total. The van der Waals surface area contributed by atoms with E-state index >= 15 is 0 Å². The Hall–Kier alpha value is -2.04. The molecule has 0 spiro atoms. The smallest absolute Gasteiger partial charge is 0.322 e. The van der Waals surface area contributed by atoms with Crippen molar-refractivity contribution in [2.75, 3.05) is 11.9 Å². The van der Waals surface area contributed by atoms with E-state index in [-0.39, 0.29) is 6.03 Å². The number of rotatable bonds is 2. The molecule has 1 N–H and O–H groups in total. The van der Waals surface area contributed by atoms with Gasteiger partial charge in [-0.3, -0.25) is 0 Å². The molecule has 0 unspecified atom stereocenters. The summed E-state index contributed by atoms with van der Waals surface area (Å²) in [5.41, 5.74) is 0.654. The maximum Gasteiger partial charge on any atom is 0.322 e. The van der Waals surface area contributed by atoms with Crippen LogP contribution in [-0.2, 0) is 4.79 Å². The Labute approximate surface area is 99.0 Å². The van der Waals surface area contributed by atoms with Gasteiger partial charge in [-0.05, 0) is 25.0 Å². The topological polar surface area (TPSA) is 72.5 Å². The predicted octanol–water partition coefficient (Wildman–Crippen LogP) is 0.433. The molecule has 2 rings (SSSR count). The van der Waals surface area contributed by atoms with Crippen LogP contribution in [0.5, 0.6) is 0 Å². The quantitative estimate of drug-likeness (QED) is 0.805. The number of carboxylic acid groups (broad SMARTS) is 1. The van der Waals surface area contributed by atoms with Crippen molar-refractivity contribution in [1.82, 2.24) is 4.90 Å². The van der Waals surface area contributed by atoms with Gasteiger partial charge in [0.25, 0.3) is 0 Å². The number of hydrogen-bond acceptors (Lipinski definition) is 3. The summed E-state index contributed by atoms with van der Waals surface area (Å²) in [5, 5.41) is 13.5. The van der Waals surface area contributed by atoms with Crippen LogP contribution >= 0.6 is 0 Å². The molecule has 17 heavy (non-hydrogen) atoms. The first kappa shape index (κ1) is 11.4. The highest BCUT2D eigenvalue weighted by atomic mass is 16.4. The second-order valence-corrected chi connectivity index (χ2v) is 3.97. The largest absolute Gasteiger partial charge is 0.548 e. The third-order valence-electron chi connectivity index (χ3n) is 2.81. The summed E-state index contributed by atoms with van der Waals surface area (Å²) in [7, 11) is 0.